The molecular formula is C16H18ClN3OS. The lowest BCUT2D eigenvalue weighted by atomic mass is 10.1. The number of carbonyl (C=O) groups excluding carboxylic acids is 1. The van der Waals surface area contributed by atoms with Gasteiger partial charge in [-0.15, -0.1) is 0 Å². The molecule has 0 saturated carbocycles. The molecule has 1 amide bonds. The van der Waals surface area contributed by atoms with Gasteiger partial charge in [0.15, 0.2) is 5.13 Å². The van der Waals surface area contributed by atoms with Gasteiger partial charge in [0.1, 0.15) is 4.34 Å². The zero-order valence-electron chi connectivity index (χ0n) is 12.5. The number of halogens is 1. The number of amides is 1. The van der Waals surface area contributed by atoms with Gasteiger partial charge in [0.05, 0.1) is 6.20 Å². The van der Waals surface area contributed by atoms with Crippen molar-refractivity contribution in [3.8, 4) is 0 Å². The molecule has 1 aliphatic rings. The molecule has 22 heavy (non-hydrogen) atoms. The molecule has 1 aliphatic heterocycles. The van der Waals surface area contributed by atoms with Crippen LogP contribution in [0.2, 0.25) is 4.34 Å². The van der Waals surface area contributed by atoms with Crippen molar-refractivity contribution in [2.45, 2.75) is 13.3 Å². The third-order valence-corrected chi connectivity index (χ3v) is 4.96. The summed E-state index contributed by atoms with van der Waals surface area (Å²) >= 11 is 7.45. The summed E-state index contributed by atoms with van der Waals surface area (Å²) in [7, 11) is 0. The molecule has 0 bridgehead atoms. The van der Waals surface area contributed by atoms with E-state index in [-0.39, 0.29) is 5.91 Å². The van der Waals surface area contributed by atoms with Crippen LogP contribution >= 0.6 is 22.9 Å². The smallest absolute Gasteiger partial charge is 0.253 e. The lowest BCUT2D eigenvalue weighted by Crippen LogP contribution is -2.35. The van der Waals surface area contributed by atoms with Crippen LogP contribution < -0.4 is 4.90 Å². The van der Waals surface area contributed by atoms with Gasteiger partial charge in [-0.2, -0.15) is 0 Å². The van der Waals surface area contributed by atoms with Gasteiger partial charge < -0.3 is 9.80 Å². The molecule has 0 unspecified atom stereocenters. The highest BCUT2D eigenvalue weighted by molar-refractivity contribution is 7.19. The summed E-state index contributed by atoms with van der Waals surface area (Å²) in [5, 5.41) is 0.940. The number of carbonyl (C=O) groups is 1. The van der Waals surface area contributed by atoms with Crippen molar-refractivity contribution in [3.05, 3.63) is 45.9 Å². The van der Waals surface area contributed by atoms with Crippen LogP contribution in [-0.4, -0.2) is 42.0 Å². The van der Waals surface area contributed by atoms with E-state index in [2.05, 4.69) is 9.88 Å². The summed E-state index contributed by atoms with van der Waals surface area (Å²) in [6.45, 7) is 5.20. The molecule has 1 saturated heterocycles. The maximum absolute atomic E-state index is 12.6. The van der Waals surface area contributed by atoms with Gasteiger partial charge in [-0.05, 0) is 25.5 Å². The normalized spacial score (nSPS) is 15.7. The summed E-state index contributed by atoms with van der Waals surface area (Å²) < 4.78 is 0.701. The molecule has 1 aromatic heterocycles. The highest BCUT2D eigenvalue weighted by Crippen LogP contribution is 2.27. The maximum Gasteiger partial charge on any atom is 0.253 e. The fourth-order valence-corrected chi connectivity index (χ4v) is 3.62. The second-order valence-electron chi connectivity index (χ2n) is 5.45. The van der Waals surface area contributed by atoms with Gasteiger partial charge in [-0.3, -0.25) is 4.79 Å². The van der Waals surface area contributed by atoms with Crippen molar-refractivity contribution in [1.82, 2.24) is 9.88 Å². The molecule has 6 heteroatoms. The number of hydrogen-bond acceptors (Lipinski definition) is 4. The van der Waals surface area contributed by atoms with Gasteiger partial charge in [-0.1, -0.05) is 40.6 Å². The van der Waals surface area contributed by atoms with Crippen molar-refractivity contribution in [1.29, 1.82) is 0 Å². The molecule has 116 valence electrons. The zero-order chi connectivity index (χ0) is 15.5. The Bertz CT molecular complexity index is 673. The molecule has 1 fully saturated rings. The number of anilines is 1. The van der Waals surface area contributed by atoms with Crippen LogP contribution in [0.4, 0.5) is 5.13 Å². The first kappa shape index (κ1) is 15.3. The molecule has 0 aliphatic carbocycles. The standard InChI is InChI=1S/C16H18ClN3OS/c1-12-4-2-5-13(10-12)15(21)19-6-3-7-20(9-8-19)16-18-11-14(17)22-16/h2,4-5,10-11H,3,6-9H2,1H3. The predicted molar refractivity (Wildman–Crippen MR) is 91.0 cm³/mol. The SMILES string of the molecule is Cc1cccc(C(=O)N2CCCN(c3ncc(Cl)s3)CC2)c1. The van der Waals surface area contributed by atoms with Crippen LogP contribution in [0.25, 0.3) is 0 Å². The predicted octanol–water partition coefficient (Wildman–Crippen LogP) is 3.46. The van der Waals surface area contributed by atoms with E-state index in [1.165, 1.54) is 11.3 Å². The van der Waals surface area contributed by atoms with Crippen molar-refractivity contribution < 1.29 is 4.79 Å². The van der Waals surface area contributed by atoms with Crippen molar-refractivity contribution >= 4 is 34.0 Å². The van der Waals surface area contributed by atoms with E-state index >= 15 is 0 Å². The first-order chi connectivity index (χ1) is 10.6. The quantitative estimate of drug-likeness (QED) is 0.843. The average Bonchev–Trinajstić information content (AvgIpc) is 2.80. The lowest BCUT2D eigenvalue weighted by Gasteiger charge is -2.22. The first-order valence-corrected chi connectivity index (χ1v) is 8.55. The van der Waals surface area contributed by atoms with E-state index in [0.29, 0.717) is 10.9 Å². The second-order valence-corrected chi connectivity index (χ2v) is 7.09. The lowest BCUT2D eigenvalue weighted by molar-refractivity contribution is 0.0767. The maximum atomic E-state index is 12.6. The molecule has 2 heterocycles. The Morgan fingerprint density at radius 1 is 1.27 bits per heavy atom. The van der Waals surface area contributed by atoms with Gasteiger partial charge >= 0.3 is 0 Å². The Balaban J connectivity index is 1.68. The third-order valence-electron chi connectivity index (χ3n) is 3.78. The minimum absolute atomic E-state index is 0.114. The van der Waals surface area contributed by atoms with Crippen molar-refractivity contribution in [2.24, 2.45) is 0 Å². The Labute approximate surface area is 139 Å². The molecule has 0 atom stereocenters. The number of rotatable bonds is 2. The van der Waals surface area contributed by atoms with Gasteiger partial charge in [0.25, 0.3) is 5.91 Å². The number of hydrogen-bond donors (Lipinski definition) is 0. The van der Waals surface area contributed by atoms with Crippen LogP contribution in [0.5, 0.6) is 0 Å². The number of aryl methyl sites for hydroxylation is 1. The van der Waals surface area contributed by atoms with Crippen LogP contribution in [0.15, 0.2) is 30.5 Å². The van der Waals surface area contributed by atoms with Crippen molar-refractivity contribution in [3.63, 3.8) is 0 Å². The Morgan fingerprint density at radius 2 is 2.14 bits per heavy atom. The zero-order valence-corrected chi connectivity index (χ0v) is 14.0. The minimum atomic E-state index is 0.114. The molecule has 1 aromatic carbocycles. The Hall–Kier alpha value is -1.59. The minimum Gasteiger partial charge on any atom is -0.346 e. The fourth-order valence-electron chi connectivity index (χ4n) is 2.66. The second kappa shape index (κ2) is 6.67. The van der Waals surface area contributed by atoms with Gasteiger partial charge in [0, 0.05) is 31.7 Å². The van der Waals surface area contributed by atoms with Crippen LogP contribution in [0.3, 0.4) is 0 Å². The van der Waals surface area contributed by atoms with Crippen LogP contribution in [0, 0.1) is 6.92 Å². The number of aromatic nitrogens is 1. The van der Waals surface area contributed by atoms with E-state index in [1.807, 2.05) is 36.1 Å². The van der Waals surface area contributed by atoms with E-state index in [4.69, 9.17) is 11.6 Å². The monoisotopic (exact) mass is 335 g/mol. The van der Waals surface area contributed by atoms with E-state index < -0.39 is 0 Å². The number of nitrogens with zero attached hydrogens (tertiary/aromatic N) is 3. The molecule has 0 N–H and O–H groups in total. The summed E-state index contributed by atoms with van der Waals surface area (Å²) in [4.78, 5) is 21.1. The van der Waals surface area contributed by atoms with E-state index in [0.717, 1.165) is 42.3 Å². The molecule has 0 spiro atoms. The highest BCUT2D eigenvalue weighted by atomic mass is 35.5. The Kier molecular flexibility index (Phi) is 4.64. The van der Waals surface area contributed by atoms with Gasteiger partial charge in [-0.25, -0.2) is 4.98 Å². The summed E-state index contributed by atoms with van der Waals surface area (Å²) in [6.07, 6.45) is 2.62. The first-order valence-electron chi connectivity index (χ1n) is 7.36. The third kappa shape index (κ3) is 3.42. The summed E-state index contributed by atoms with van der Waals surface area (Å²) in [5.41, 5.74) is 1.88. The largest absolute Gasteiger partial charge is 0.346 e. The molecule has 0 radical (unpaired) electrons. The van der Waals surface area contributed by atoms with Crippen molar-refractivity contribution in [2.75, 3.05) is 31.1 Å². The fraction of sp³-hybridized carbons (Fsp3) is 0.375. The van der Waals surface area contributed by atoms with Crippen LogP contribution in [-0.2, 0) is 0 Å². The summed E-state index contributed by atoms with van der Waals surface area (Å²) in [5.74, 6) is 0.114. The highest BCUT2D eigenvalue weighted by Gasteiger charge is 2.21. The number of thiazole rings is 1. The summed E-state index contributed by atoms with van der Waals surface area (Å²) in [6, 6.07) is 7.78. The van der Waals surface area contributed by atoms with E-state index in [9.17, 15) is 4.79 Å². The topological polar surface area (TPSA) is 36.4 Å². The molecular weight excluding hydrogens is 318 g/mol. The number of benzene rings is 1. The molecule has 4 nitrogen and oxygen atoms in total. The molecule has 2 aromatic rings. The van der Waals surface area contributed by atoms with E-state index in [1.54, 1.807) is 6.20 Å². The Morgan fingerprint density at radius 3 is 2.86 bits per heavy atom. The van der Waals surface area contributed by atoms with Crippen LogP contribution in [0.1, 0.15) is 22.3 Å². The average molecular weight is 336 g/mol. The molecule has 3 rings (SSSR count). The van der Waals surface area contributed by atoms with Gasteiger partial charge in [0.2, 0.25) is 0 Å².